The molecule has 0 saturated heterocycles. The molecule has 1 atom stereocenters. The summed E-state index contributed by atoms with van der Waals surface area (Å²) in [6.07, 6.45) is 1.60. The second-order valence-electron chi connectivity index (χ2n) is 6.95. The Morgan fingerprint density at radius 3 is 2.70 bits per heavy atom. The molecule has 154 valence electrons. The number of hydrogen-bond acceptors (Lipinski definition) is 5. The maximum Gasteiger partial charge on any atom is 0.326 e. The van der Waals surface area contributed by atoms with Crippen molar-refractivity contribution in [3.8, 4) is 5.75 Å². The van der Waals surface area contributed by atoms with Crippen LogP contribution in [0.2, 0.25) is 0 Å². The molecule has 0 saturated carbocycles. The molecule has 1 aliphatic rings. The van der Waals surface area contributed by atoms with Gasteiger partial charge in [-0.2, -0.15) is 0 Å². The molecular formula is C22H20BrN3O4. The van der Waals surface area contributed by atoms with Crippen LogP contribution in [0.25, 0.3) is 16.8 Å². The van der Waals surface area contributed by atoms with Gasteiger partial charge in [-0.25, -0.2) is 10.1 Å². The Balaban J connectivity index is 1.75. The Kier molecular flexibility index (Phi) is 5.63. The lowest BCUT2D eigenvalue weighted by molar-refractivity contribution is -0.136. The fraction of sp³-hybridized carbons (Fsp3) is 0.136. The lowest BCUT2D eigenvalue weighted by atomic mass is 9.95. The van der Waals surface area contributed by atoms with Gasteiger partial charge in [0.05, 0.1) is 11.4 Å². The molecule has 7 nitrogen and oxygen atoms in total. The van der Waals surface area contributed by atoms with Gasteiger partial charge >= 0.3 is 6.03 Å². The zero-order valence-corrected chi connectivity index (χ0v) is 17.5. The Labute approximate surface area is 181 Å². The predicted molar refractivity (Wildman–Crippen MR) is 122 cm³/mol. The van der Waals surface area contributed by atoms with E-state index in [1.54, 1.807) is 35.2 Å². The Morgan fingerprint density at radius 1 is 1.27 bits per heavy atom. The molecule has 1 aliphatic heterocycles. The first-order valence-electron chi connectivity index (χ1n) is 9.29. The van der Waals surface area contributed by atoms with E-state index < -0.39 is 0 Å². The summed E-state index contributed by atoms with van der Waals surface area (Å²) in [7, 11) is 0. The van der Waals surface area contributed by atoms with Gasteiger partial charge in [0.2, 0.25) is 0 Å². The highest BCUT2D eigenvalue weighted by atomic mass is 79.9. The molecular weight excluding hydrogens is 450 g/mol. The van der Waals surface area contributed by atoms with Gasteiger partial charge in [-0.05, 0) is 34.7 Å². The van der Waals surface area contributed by atoms with Crippen LogP contribution in [0, 0.1) is 0 Å². The minimum Gasteiger partial charge on any atom is -0.339 e. The molecule has 4 rings (SSSR count). The summed E-state index contributed by atoms with van der Waals surface area (Å²) in [4.78, 5) is 19.5. The number of fused-ring (bicyclic) bond motifs is 3. The number of carbonyl (C=O) groups excluding carboxylic acids is 1. The fourth-order valence-electron chi connectivity index (χ4n) is 3.90. The second kappa shape index (κ2) is 8.35. The SMILES string of the molecule is C=Cc1cc(NO)ccc1NC(=O)N1C[C@@H](CBr)c2c1cc(OO)c1ccccc21. The van der Waals surface area contributed by atoms with Crippen molar-refractivity contribution in [1.29, 1.82) is 0 Å². The molecule has 0 aliphatic carbocycles. The largest absolute Gasteiger partial charge is 0.339 e. The van der Waals surface area contributed by atoms with Crippen LogP contribution in [0.4, 0.5) is 21.9 Å². The number of benzene rings is 3. The van der Waals surface area contributed by atoms with Gasteiger partial charge in [0.15, 0.2) is 5.75 Å². The van der Waals surface area contributed by atoms with Crippen LogP contribution >= 0.6 is 15.9 Å². The lowest BCUT2D eigenvalue weighted by Gasteiger charge is -2.20. The van der Waals surface area contributed by atoms with Crippen LogP contribution in [0.5, 0.6) is 5.75 Å². The highest BCUT2D eigenvalue weighted by Gasteiger charge is 2.34. The first-order valence-corrected chi connectivity index (χ1v) is 10.4. The van der Waals surface area contributed by atoms with E-state index in [4.69, 9.17) is 5.21 Å². The number of anilines is 3. The van der Waals surface area contributed by atoms with Gasteiger partial charge in [-0.3, -0.25) is 15.6 Å². The summed E-state index contributed by atoms with van der Waals surface area (Å²) in [6.45, 7) is 4.24. The monoisotopic (exact) mass is 469 g/mol. The number of halogens is 1. The number of nitrogens with zero attached hydrogens (tertiary/aromatic N) is 1. The molecule has 2 amide bonds. The van der Waals surface area contributed by atoms with Crippen molar-refractivity contribution in [3.63, 3.8) is 0 Å². The highest BCUT2D eigenvalue weighted by Crippen LogP contribution is 2.45. The fourth-order valence-corrected chi connectivity index (χ4v) is 4.43. The van der Waals surface area contributed by atoms with E-state index in [2.05, 4.69) is 38.2 Å². The topological polar surface area (TPSA) is 94.1 Å². The number of hydrogen-bond donors (Lipinski definition) is 4. The summed E-state index contributed by atoms with van der Waals surface area (Å²) >= 11 is 3.57. The quantitative estimate of drug-likeness (QED) is 0.219. The van der Waals surface area contributed by atoms with Crippen molar-refractivity contribution in [3.05, 3.63) is 66.2 Å². The Bertz CT molecular complexity index is 1130. The van der Waals surface area contributed by atoms with E-state index in [9.17, 15) is 10.1 Å². The molecule has 0 aromatic heterocycles. The van der Waals surface area contributed by atoms with Crippen molar-refractivity contribution in [1.82, 2.24) is 0 Å². The standard InChI is InChI=1S/C22H20BrN3O4/c1-2-13-9-15(25-28)7-8-18(13)24-22(27)26-12-14(11-23)21-17-6-4-3-5-16(17)20(30-29)10-19(21)26/h2-10,14,25,28-29H,1,11-12H2,(H,24,27)/t14-/m1/s1. The van der Waals surface area contributed by atoms with Crippen molar-refractivity contribution in [2.75, 3.05) is 27.6 Å². The van der Waals surface area contributed by atoms with Gasteiger partial charge in [0.25, 0.3) is 0 Å². The normalized spacial score (nSPS) is 15.0. The van der Waals surface area contributed by atoms with Crippen LogP contribution in [-0.4, -0.2) is 28.4 Å². The molecule has 3 aromatic rings. The van der Waals surface area contributed by atoms with Gasteiger partial charge in [0.1, 0.15) is 0 Å². The average molecular weight is 470 g/mol. The predicted octanol–water partition coefficient (Wildman–Crippen LogP) is 5.67. The third kappa shape index (κ3) is 3.39. The minimum atomic E-state index is -0.313. The molecule has 4 N–H and O–H groups in total. The third-order valence-corrected chi connectivity index (χ3v) is 6.08. The second-order valence-corrected chi connectivity index (χ2v) is 7.60. The number of nitrogens with one attached hydrogen (secondary N) is 2. The average Bonchev–Trinajstić information content (AvgIpc) is 3.17. The first-order chi connectivity index (χ1) is 14.6. The van der Waals surface area contributed by atoms with Crippen LogP contribution in [0.1, 0.15) is 17.0 Å². The molecule has 0 fully saturated rings. The summed E-state index contributed by atoms with van der Waals surface area (Å²) < 4.78 is 0. The number of amides is 2. The molecule has 0 spiro atoms. The molecule has 0 radical (unpaired) electrons. The molecule has 0 unspecified atom stereocenters. The maximum atomic E-state index is 13.2. The molecule has 30 heavy (non-hydrogen) atoms. The van der Waals surface area contributed by atoms with Crippen molar-refractivity contribution in [2.24, 2.45) is 0 Å². The van der Waals surface area contributed by atoms with E-state index in [1.165, 1.54) is 0 Å². The summed E-state index contributed by atoms with van der Waals surface area (Å²) in [5, 5.41) is 23.8. The number of urea groups is 1. The number of carbonyl (C=O) groups is 1. The van der Waals surface area contributed by atoms with Crippen molar-refractivity contribution in [2.45, 2.75) is 5.92 Å². The zero-order chi connectivity index (χ0) is 21.3. The molecule has 8 heteroatoms. The molecule has 1 heterocycles. The highest BCUT2D eigenvalue weighted by molar-refractivity contribution is 9.09. The van der Waals surface area contributed by atoms with Gasteiger partial charge in [-0.1, -0.05) is 52.9 Å². The molecule has 3 aromatic carbocycles. The van der Waals surface area contributed by atoms with Crippen LogP contribution in [0.15, 0.2) is 55.1 Å². The number of alkyl halides is 1. The van der Waals surface area contributed by atoms with Gasteiger partial charge < -0.3 is 10.2 Å². The van der Waals surface area contributed by atoms with E-state index in [0.717, 1.165) is 16.3 Å². The van der Waals surface area contributed by atoms with Crippen molar-refractivity contribution >= 4 is 55.9 Å². The first kappa shape index (κ1) is 20.2. The van der Waals surface area contributed by atoms with E-state index in [-0.39, 0.29) is 11.9 Å². The lowest BCUT2D eigenvalue weighted by Crippen LogP contribution is -2.34. The smallest absolute Gasteiger partial charge is 0.326 e. The van der Waals surface area contributed by atoms with Crippen LogP contribution < -0.4 is 20.6 Å². The Hall–Kier alpha value is -3.07. The number of rotatable bonds is 5. The van der Waals surface area contributed by atoms with Gasteiger partial charge in [0, 0.05) is 34.9 Å². The van der Waals surface area contributed by atoms with Crippen LogP contribution in [-0.2, 0) is 0 Å². The van der Waals surface area contributed by atoms with Crippen molar-refractivity contribution < 1.29 is 20.1 Å². The van der Waals surface area contributed by atoms with E-state index >= 15 is 0 Å². The summed E-state index contributed by atoms with van der Waals surface area (Å²) in [5.41, 5.74) is 5.52. The van der Waals surface area contributed by atoms with E-state index in [1.807, 2.05) is 24.3 Å². The van der Waals surface area contributed by atoms with Gasteiger partial charge in [-0.15, -0.1) is 0 Å². The maximum absolute atomic E-state index is 13.2. The molecule has 0 bridgehead atoms. The van der Waals surface area contributed by atoms with E-state index in [0.29, 0.717) is 40.2 Å². The minimum absolute atomic E-state index is 0.0863. The summed E-state index contributed by atoms with van der Waals surface area (Å²) in [5.74, 6) is 0.380. The zero-order valence-electron chi connectivity index (χ0n) is 15.9. The van der Waals surface area contributed by atoms with Crippen LogP contribution in [0.3, 0.4) is 0 Å². The third-order valence-electron chi connectivity index (χ3n) is 5.30. The summed E-state index contributed by atoms with van der Waals surface area (Å²) in [6, 6.07) is 14.0. The Morgan fingerprint density at radius 2 is 2.03 bits per heavy atom.